The van der Waals surface area contributed by atoms with E-state index in [1.807, 2.05) is 12.3 Å². The second-order valence-corrected chi connectivity index (χ2v) is 18.0. The van der Waals surface area contributed by atoms with Gasteiger partial charge >= 0.3 is 116 Å². The minimum atomic E-state index is -2.33. The molecule has 0 saturated carbocycles. The molecule has 0 aliphatic rings. The molecular formula is C15H27NOSn. The Morgan fingerprint density at radius 3 is 2.06 bits per heavy atom. The second kappa shape index (κ2) is 8.03. The molecule has 0 bridgehead atoms. The van der Waals surface area contributed by atoms with E-state index in [-0.39, 0.29) is 0 Å². The van der Waals surface area contributed by atoms with Gasteiger partial charge in [-0.25, -0.2) is 0 Å². The van der Waals surface area contributed by atoms with Gasteiger partial charge in [0.1, 0.15) is 0 Å². The van der Waals surface area contributed by atoms with Crippen molar-refractivity contribution in [1.29, 1.82) is 0 Å². The summed E-state index contributed by atoms with van der Waals surface area (Å²) in [7, 11) is 1.78. The second-order valence-electron chi connectivity index (χ2n) is 5.08. The first-order valence-corrected chi connectivity index (χ1v) is 14.7. The Labute approximate surface area is 116 Å². The quantitative estimate of drug-likeness (QED) is 0.658. The van der Waals surface area contributed by atoms with E-state index >= 15 is 0 Å². The van der Waals surface area contributed by atoms with Gasteiger partial charge in [0.15, 0.2) is 0 Å². The van der Waals surface area contributed by atoms with Crippen LogP contribution in [0.5, 0.6) is 5.75 Å². The van der Waals surface area contributed by atoms with Crippen LogP contribution in [-0.4, -0.2) is 30.5 Å². The van der Waals surface area contributed by atoms with Crippen molar-refractivity contribution in [2.75, 3.05) is 7.11 Å². The van der Waals surface area contributed by atoms with Gasteiger partial charge in [0.25, 0.3) is 0 Å². The first kappa shape index (κ1) is 15.8. The average Bonchev–Trinajstić information content (AvgIpc) is 2.39. The number of pyridine rings is 1. The molecule has 1 rings (SSSR count). The van der Waals surface area contributed by atoms with Gasteiger partial charge in [-0.1, -0.05) is 0 Å². The van der Waals surface area contributed by atoms with Gasteiger partial charge in [0.05, 0.1) is 0 Å². The van der Waals surface area contributed by atoms with E-state index in [1.54, 1.807) is 7.11 Å². The van der Waals surface area contributed by atoms with Gasteiger partial charge in [0, 0.05) is 0 Å². The summed E-state index contributed by atoms with van der Waals surface area (Å²) in [5, 5.41) is 0. The van der Waals surface area contributed by atoms with Crippen LogP contribution < -0.4 is 8.45 Å². The van der Waals surface area contributed by atoms with Crippen LogP contribution in [0.1, 0.15) is 40.0 Å². The predicted molar refractivity (Wildman–Crippen MR) is 81.5 cm³/mol. The monoisotopic (exact) mass is 357 g/mol. The van der Waals surface area contributed by atoms with Crippen molar-refractivity contribution in [3.05, 3.63) is 18.3 Å². The third-order valence-corrected chi connectivity index (χ3v) is 20.1. The van der Waals surface area contributed by atoms with Crippen LogP contribution in [-0.2, 0) is 0 Å². The zero-order valence-corrected chi connectivity index (χ0v) is 15.2. The fourth-order valence-electron chi connectivity index (χ4n) is 3.12. The molecule has 0 unspecified atom stereocenters. The van der Waals surface area contributed by atoms with Crippen LogP contribution in [0.3, 0.4) is 0 Å². The molecule has 1 heterocycles. The summed E-state index contributed by atoms with van der Waals surface area (Å²) in [6.07, 6.45) is 5.81. The maximum absolute atomic E-state index is 5.58. The molecule has 3 heteroatoms. The van der Waals surface area contributed by atoms with E-state index in [0.717, 1.165) is 5.75 Å². The van der Waals surface area contributed by atoms with E-state index in [1.165, 1.54) is 36.3 Å². The van der Waals surface area contributed by atoms with Crippen molar-refractivity contribution in [2.45, 2.75) is 53.3 Å². The van der Waals surface area contributed by atoms with Gasteiger partial charge in [0.2, 0.25) is 0 Å². The van der Waals surface area contributed by atoms with Crippen LogP contribution in [0.2, 0.25) is 13.3 Å². The van der Waals surface area contributed by atoms with Crippen LogP contribution >= 0.6 is 0 Å². The van der Waals surface area contributed by atoms with Crippen LogP contribution in [0.4, 0.5) is 0 Å². The number of methoxy groups -OCH3 is 1. The minimum absolute atomic E-state index is 1.05. The Kier molecular flexibility index (Phi) is 7.05. The fourth-order valence-corrected chi connectivity index (χ4v) is 18.5. The average molecular weight is 356 g/mol. The van der Waals surface area contributed by atoms with Crippen molar-refractivity contribution in [1.82, 2.24) is 4.98 Å². The first-order chi connectivity index (χ1) is 8.74. The third kappa shape index (κ3) is 3.62. The molecule has 0 spiro atoms. The standard InChI is InChI=1S/C6H6NO.3C3H7.Sn/c1-8-6-3-2-4-7-5-6;3*1-3-2;/h2-4H,1H3;3*1,3H2,2H3;. The fraction of sp³-hybridized carbons (Fsp3) is 0.667. The zero-order chi connectivity index (χ0) is 13.4. The van der Waals surface area contributed by atoms with Crippen LogP contribution in [0.15, 0.2) is 18.3 Å². The Morgan fingerprint density at radius 2 is 1.61 bits per heavy atom. The summed E-state index contributed by atoms with van der Waals surface area (Å²) < 4.78 is 11.2. The van der Waals surface area contributed by atoms with Crippen molar-refractivity contribution < 1.29 is 4.74 Å². The number of nitrogens with zero attached hydrogens (tertiary/aromatic N) is 1. The van der Waals surface area contributed by atoms with Crippen LogP contribution in [0, 0.1) is 0 Å². The molecular weight excluding hydrogens is 329 g/mol. The molecule has 0 fully saturated rings. The van der Waals surface area contributed by atoms with Crippen molar-refractivity contribution in [2.24, 2.45) is 0 Å². The molecule has 1 aromatic rings. The number of ether oxygens (including phenoxy) is 1. The molecule has 0 saturated heterocycles. The molecule has 0 amide bonds. The molecule has 18 heavy (non-hydrogen) atoms. The Hall–Kier alpha value is -0.251. The van der Waals surface area contributed by atoms with E-state index in [9.17, 15) is 0 Å². The molecule has 102 valence electrons. The topological polar surface area (TPSA) is 22.1 Å². The Bertz CT molecular complexity index is 337. The molecule has 0 aliphatic carbocycles. The van der Waals surface area contributed by atoms with Crippen LogP contribution in [0.25, 0.3) is 0 Å². The first-order valence-electron chi connectivity index (χ1n) is 7.23. The van der Waals surface area contributed by atoms with Gasteiger partial charge < -0.3 is 0 Å². The van der Waals surface area contributed by atoms with Crippen molar-refractivity contribution >= 4 is 22.1 Å². The molecule has 0 aromatic carbocycles. The predicted octanol–water partition coefficient (Wildman–Crippen LogP) is 3.98. The third-order valence-electron chi connectivity index (χ3n) is 3.68. The number of rotatable bonds is 8. The number of hydrogen-bond acceptors (Lipinski definition) is 2. The summed E-state index contributed by atoms with van der Waals surface area (Å²) in [6.45, 7) is 6.94. The molecule has 0 N–H and O–H groups in total. The van der Waals surface area contributed by atoms with Gasteiger partial charge in [-0.2, -0.15) is 0 Å². The van der Waals surface area contributed by atoms with Gasteiger partial charge in [-0.05, 0) is 0 Å². The molecule has 1 aromatic heterocycles. The number of aromatic nitrogens is 1. The molecule has 0 radical (unpaired) electrons. The van der Waals surface area contributed by atoms with E-state index < -0.39 is 18.4 Å². The number of hydrogen-bond donors (Lipinski definition) is 0. The summed E-state index contributed by atoms with van der Waals surface area (Å²) in [4.78, 5) is 4.75. The van der Waals surface area contributed by atoms with E-state index in [2.05, 4.69) is 26.8 Å². The van der Waals surface area contributed by atoms with Crippen molar-refractivity contribution in [3.63, 3.8) is 0 Å². The van der Waals surface area contributed by atoms with Gasteiger partial charge in [-0.15, -0.1) is 0 Å². The van der Waals surface area contributed by atoms with E-state index in [4.69, 9.17) is 9.72 Å². The van der Waals surface area contributed by atoms with Gasteiger partial charge in [-0.3, -0.25) is 0 Å². The van der Waals surface area contributed by atoms with Crippen molar-refractivity contribution in [3.8, 4) is 5.75 Å². The Morgan fingerprint density at radius 1 is 1.06 bits per heavy atom. The Balaban J connectivity index is 3.20. The summed E-state index contributed by atoms with van der Waals surface area (Å²) in [6, 6.07) is 4.08. The van der Waals surface area contributed by atoms with E-state index in [0.29, 0.717) is 0 Å². The SMILES string of the molecule is CC[CH2][Sn]([CH2]CC)([CH2]CC)[c]1ncccc1OC. The molecule has 0 aliphatic heterocycles. The summed E-state index contributed by atoms with van der Waals surface area (Å²) in [5.74, 6) is 1.05. The maximum atomic E-state index is 5.58. The zero-order valence-electron chi connectivity index (χ0n) is 12.3. The summed E-state index contributed by atoms with van der Waals surface area (Å²) >= 11 is -2.33. The normalized spacial score (nSPS) is 11.6. The molecule has 2 nitrogen and oxygen atoms in total. The summed E-state index contributed by atoms with van der Waals surface area (Å²) in [5.41, 5.74) is 0. The molecule has 0 atom stereocenters.